The molecule has 104 valence electrons. The van der Waals surface area contributed by atoms with Gasteiger partial charge in [-0.15, -0.1) is 5.10 Å². The quantitative estimate of drug-likeness (QED) is 0.680. The fourth-order valence-corrected chi connectivity index (χ4v) is 2.81. The van der Waals surface area contributed by atoms with Gasteiger partial charge in [-0.1, -0.05) is 18.2 Å². The van der Waals surface area contributed by atoms with Crippen LogP contribution in [-0.2, 0) is 6.42 Å². The number of benzene rings is 1. The number of fused-ring (bicyclic) bond motifs is 2. The van der Waals surface area contributed by atoms with E-state index < -0.39 is 0 Å². The highest BCUT2D eigenvalue weighted by molar-refractivity contribution is 6.05. The van der Waals surface area contributed by atoms with E-state index in [2.05, 4.69) is 21.1 Å². The van der Waals surface area contributed by atoms with Crippen molar-refractivity contribution >= 4 is 17.4 Å². The first-order valence-corrected chi connectivity index (χ1v) is 6.83. The molecule has 2 aromatic heterocycles. The number of carbonyl (C=O) groups excluding carboxylic acids is 1. The molecule has 0 radical (unpaired) electrons. The molecule has 0 aliphatic carbocycles. The lowest BCUT2D eigenvalue weighted by Crippen LogP contribution is -2.36. The van der Waals surface area contributed by atoms with E-state index in [0.29, 0.717) is 5.78 Å². The van der Waals surface area contributed by atoms with Crippen molar-refractivity contribution in [2.24, 2.45) is 0 Å². The van der Waals surface area contributed by atoms with Crippen LogP contribution in [0.3, 0.4) is 0 Å². The minimum absolute atomic E-state index is 0.106. The third-order valence-corrected chi connectivity index (χ3v) is 3.73. The summed E-state index contributed by atoms with van der Waals surface area (Å²) in [5.74, 6) is 0.427. The Morgan fingerprint density at radius 1 is 1.29 bits per heavy atom. The van der Waals surface area contributed by atoms with E-state index in [1.54, 1.807) is 23.4 Å². The summed E-state index contributed by atoms with van der Waals surface area (Å²) in [6.45, 7) is 2.03. The van der Waals surface area contributed by atoms with Crippen LogP contribution >= 0.6 is 0 Å². The highest BCUT2D eigenvalue weighted by atomic mass is 16.2. The Kier molecular flexibility index (Phi) is 2.50. The van der Waals surface area contributed by atoms with Gasteiger partial charge in [0.25, 0.3) is 11.7 Å². The molecule has 1 aromatic carbocycles. The van der Waals surface area contributed by atoms with Crippen LogP contribution in [0.2, 0.25) is 0 Å². The molecule has 0 spiro atoms. The molecule has 0 saturated heterocycles. The van der Waals surface area contributed by atoms with E-state index in [1.807, 2.05) is 25.1 Å². The number of para-hydroxylation sites is 1. The van der Waals surface area contributed by atoms with Gasteiger partial charge in [0.2, 0.25) is 5.82 Å². The fourth-order valence-electron chi connectivity index (χ4n) is 2.81. The zero-order valence-electron chi connectivity index (χ0n) is 11.5. The van der Waals surface area contributed by atoms with Crippen molar-refractivity contribution in [1.29, 1.82) is 0 Å². The van der Waals surface area contributed by atoms with Crippen LogP contribution in [0.1, 0.15) is 23.1 Å². The van der Waals surface area contributed by atoms with E-state index >= 15 is 0 Å². The van der Waals surface area contributed by atoms with Crippen LogP contribution in [0.5, 0.6) is 0 Å². The van der Waals surface area contributed by atoms with Crippen molar-refractivity contribution in [1.82, 2.24) is 19.6 Å². The van der Waals surface area contributed by atoms with Crippen LogP contribution in [0.15, 0.2) is 42.7 Å². The number of aromatic nitrogens is 4. The molecule has 21 heavy (non-hydrogen) atoms. The third-order valence-electron chi connectivity index (χ3n) is 3.73. The molecule has 0 N–H and O–H groups in total. The maximum atomic E-state index is 12.7. The Balaban J connectivity index is 1.77. The van der Waals surface area contributed by atoms with Gasteiger partial charge < -0.3 is 4.90 Å². The number of carbonyl (C=O) groups is 1. The first-order valence-electron chi connectivity index (χ1n) is 6.83. The van der Waals surface area contributed by atoms with Gasteiger partial charge in [-0.05, 0) is 31.0 Å². The van der Waals surface area contributed by atoms with Crippen molar-refractivity contribution in [3.8, 4) is 0 Å². The molecule has 3 heterocycles. The van der Waals surface area contributed by atoms with Crippen LogP contribution in [0.4, 0.5) is 5.69 Å². The topological polar surface area (TPSA) is 63.4 Å². The van der Waals surface area contributed by atoms with E-state index in [4.69, 9.17) is 0 Å². The summed E-state index contributed by atoms with van der Waals surface area (Å²) in [4.78, 5) is 22.8. The summed E-state index contributed by atoms with van der Waals surface area (Å²) >= 11 is 0. The number of amides is 1. The predicted octanol–water partition coefficient (Wildman–Crippen LogP) is 1.72. The van der Waals surface area contributed by atoms with Gasteiger partial charge in [-0.25, -0.2) is 9.50 Å². The van der Waals surface area contributed by atoms with E-state index in [-0.39, 0.29) is 17.8 Å². The first kappa shape index (κ1) is 12.0. The molecule has 1 aliphatic heterocycles. The summed E-state index contributed by atoms with van der Waals surface area (Å²) in [5.41, 5.74) is 2.13. The second kappa shape index (κ2) is 4.37. The number of hydrogen-bond acceptors (Lipinski definition) is 4. The molecule has 1 amide bonds. The van der Waals surface area contributed by atoms with Crippen LogP contribution < -0.4 is 4.90 Å². The van der Waals surface area contributed by atoms with Crippen LogP contribution in [0, 0.1) is 0 Å². The smallest absolute Gasteiger partial charge is 0.298 e. The maximum Gasteiger partial charge on any atom is 0.298 e. The molecule has 1 atom stereocenters. The normalized spacial score (nSPS) is 17.2. The van der Waals surface area contributed by atoms with Gasteiger partial charge in [0, 0.05) is 24.1 Å². The second-order valence-corrected chi connectivity index (χ2v) is 5.16. The molecule has 1 aliphatic rings. The van der Waals surface area contributed by atoms with Crippen molar-refractivity contribution in [3.05, 3.63) is 54.1 Å². The van der Waals surface area contributed by atoms with E-state index in [9.17, 15) is 4.79 Å². The summed E-state index contributed by atoms with van der Waals surface area (Å²) in [7, 11) is 0. The fraction of sp³-hybridized carbons (Fsp3) is 0.200. The lowest BCUT2D eigenvalue weighted by atomic mass is 10.1. The SMILES string of the molecule is C[C@@H]1Cc2ccccc2N1C(=O)c1nc2ncccn2n1. The Hall–Kier alpha value is -2.76. The molecule has 4 rings (SSSR count). The van der Waals surface area contributed by atoms with Gasteiger partial charge in [-0.3, -0.25) is 4.79 Å². The molecule has 0 fully saturated rings. The minimum Gasteiger partial charge on any atom is -0.302 e. The number of nitrogens with zero attached hydrogens (tertiary/aromatic N) is 5. The van der Waals surface area contributed by atoms with Gasteiger partial charge in [0.05, 0.1) is 0 Å². The maximum absolute atomic E-state index is 12.7. The lowest BCUT2D eigenvalue weighted by Gasteiger charge is -2.20. The molecule has 0 bridgehead atoms. The highest BCUT2D eigenvalue weighted by Crippen LogP contribution is 2.32. The van der Waals surface area contributed by atoms with Gasteiger partial charge >= 0.3 is 0 Å². The Morgan fingerprint density at radius 2 is 2.14 bits per heavy atom. The molecular formula is C15H13N5O. The lowest BCUT2D eigenvalue weighted by molar-refractivity contribution is 0.0971. The molecule has 3 aromatic rings. The van der Waals surface area contributed by atoms with Gasteiger partial charge in [0.15, 0.2) is 0 Å². The van der Waals surface area contributed by atoms with E-state index in [1.165, 1.54) is 10.1 Å². The molecule has 0 saturated carbocycles. The molecular weight excluding hydrogens is 266 g/mol. The van der Waals surface area contributed by atoms with Crippen molar-refractivity contribution < 1.29 is 4.79 Å². The Labute approximate surface area is 121 Å². The van der Waals surface area contributed by atoms with Gasteiger partial charge in [-0.2, -0.15) is 4.98 Å². The zero-order valence-corrected chi connectivity index (χ0v) is 11.5. The Bertz CT molecular complexity index is 808. The van der Waals surface area contributed by atoms with Crippen molar-refractivity contribution in [3.63, 3.8) is 0 Å². The Morgan fingerprint density at radius 3 is 3.00 bits per heavy atom. The zero-order chi connectivity index (χ0) is 14.4. The summed E-state index contributed by atoms with van der Waals surface area (Å²) in [5, 5.41) is 4.22. The third kappa shape index (κ3) is 1.79. The summed E-state index contributed by atoms with van der Waals surface area (Å²) in [6.07, 6.45) is 4.22. The van der Waals surface area contributed by atoms with Crippen LogP contribution in [-0.4, -0.2) is 31.5 Å². The van der Waals surface area contributed by atoms with Crippen molar-refractivity contribution in [2.45, 2.75) is 19.4 Å². The first-order chi connectivity index (χ1) is 10.2. The number of anilines is 1. The van der Waals surface area contributed by atoms with Crippen molar-refractivity contribution in [2.75, 3.05) is 4.90 Å². The molecule has 0 unspecified atom stereocenters. The number of hydrogen-bond donors (Lipinski definition) is 0. The molecule has 6 nitrogen and oxygen atoms in total. The van der Waals surface area contributed by atoms with Crippen LogP contribution in [0.25, 0.3) is 5.78 Å². The predicted molar refractivity (Wildman–Crippen MR) is 77.2 cm³/mol. The summed E-state index contributed by atoms with van der Waals surface area (Å²) in [6, 6.07) is 9.81. The number of rotatable bonds is 1. The summed E-state index contributed by atoms with van der Waals surface area (Å²) < 4.78 is 1.51. The minimum atomic E-state index is -0.182. The van der Waals surface area contributed by atoms with Gasteiger partial charge in [0.1, 0.15) is 0 Å². The van der Waals surface area contributed by atoms with E-state index in [0.717, 1.165) is 12.1 Å². The highest BCUT2D eigenvalue weighted by Gasteiger charge is 2.33. The average molecular weight is 279 g/mol. The average Bonchev–Trinajstić information content (AvgIpc) is 3.06. The second-order valence-electron chi connectivity index (χ2n) is 5.16. The standard InChI is InChI=1S/C15H13N5O/c1-10-9-11-5-2-3-6-12(11)20(10)14(21)13-17-15-16-7-4-8-19(15)18-13/h2-8,10H,9H2,1H3/t10-/m1/s1. The molecule has 6 heteroatoms. The monoisotopic (exact) mass is 279 g/mol. The largest absolute Gasteiger partial charge is 0.302 e.